The Labute approximate surface area is 181 Å². The lowest BCUT2D eigenvalue weighted by molar-refractivity contribution is 0.164. The SMILES string of the molecule is CN=C(NCC1CCN(Cc2nc(C)c(C)o2)CC1)NC(C)C(C)c1ccccc1. The van der Waals surface area contributed by atoms with E-state index in [2.05, 4.69) is 69.7 Å². The van der Waals surface area contributed by atoms with Gasteiger partial charge in [0.1, 0.15) is 5.76 Å². The van der Waals surface area contributed by atoms with Gasteiger partial charge in [0.25, 0.3) is 0 Å². The lowest BCUT2D eigenvalue weighted by Gasteiger charge is -2.32. The number of aryl methyl sites for hydroxylation is 2. The maximum absolute atomic E-state index is 5.74. The minimum absolute atomic E-state index is 0.299. The molecule has 0 bridgehead atoms. The molecule has 3 rings (SSSR count). The fraction of sp³-hybridized carbons (Fsp3) is 0.583. The second kappa shape index (κ2) is 10.6. The summed E-state index contributed by atoms with van der Waals surface area (Å²) in [7, 11) is 1.85. The molecule has 1 aliphatic heterocycles. The Kier molecular flexibility index (Phi) is 7.91. The average molecular weight is 412 g/mol. The summed E-state index contributed by atoms with van der Waals surface area (Å²) in [6.07, 6.45) is 2.36. The summed E-state index contributed by atoms with van der Waals surface area (Å²) in [6.45, 7) is 12.4. The Morgan fingerprint density at radius 2 is 1.90 bits per heavy atom. The van der Waals surface area contributed by atoms with Gasteiger partial charge in [-0.3, -0.25) is 9.89 Å². The number of aliphatic imine (C=N–C) groups is 1. The van der Waals surface area contributed by atoms with E-state index in [1.807, 2.05) is 20.9 Å². The summed E-state index contributed by atoms with van der Waals surface area (Å²) in [4.78, 5) is 11.4. The van der Waals surface area contributed by atoms with Gasteiger partial charge in [-0.15, -0.1) is 0 Å². The lowest BCUT2D eigenvalue weighted by atomic mass is 9.94. The molecule has 2 aromatic rings. The van der Waals surface area contributed by atoms with E-state index in [1.54, 1.807) is 0 Å². The number of piperidine rings is 1. The molecule has 30 heavy (non-hydrogen) atoms. The van der Waals surface area contributed by atoms with E-state index in [9.17, 15) is 0 Å². The van der Waals surface area contributed by atoms with Gasteiger partial charge >= 0.3 is 0 Å². The van der Waals surface area contributed by atoms with Gasteiger partial charge in [0.15, 0.2) is 5.96 Å². The van der Waals surface area contributed by atoms with Gasteiger partial charge in [-0.05, 0) is 58.2 Å². The maximum atomic E-state index is 5.74. The van der Waals surface area contributed by atoms with Crippen LogP contribution in [0.2, 0.25) is 0 Å². The quantitative estimate of drug-likeness (QED) is 0.535. The molecule has 0 spiro atoms. The van der Waals surface area contributed by atoms with E-state index in [1.165, 1.54) is 18.4 Å². The molecule has 0 radical (unpaired) electrons. The van der Waals surface area contributed by atoms with Gasteiger partial charge in [-0.25, -0.2) is 4.98 Å². The molecule has 164 valence electrons. The third-order valence-electron chi connectivity index (χ3n) is 6.36. The highest BCUT2D eigenvalue weighted by Crippen LogP contribution is 2.20. The minimum Gasteiger partial charge on any atom is -0.444 e. The number of guanidine groups is 1. The third-order valence-corrected chi connectivity index (χ3v) is 6.36. The van der Waals surface area contributed by atoms with Crippen LogP contribution in [0.25, 0.3) is 0 Å². The number of aromatic nitrogens is 1. The molecule has 6 nitrogen and oxygen atoms in total. The Hall–Kier alpha value is -2.34. The molecule has 2 atom stereocenters. The second-order valence-electron chi connectivity index (χ2n) is 8.55. The van der Waals surface area contributed by atoms with Crippen LogP contribution < -0.4 is 10.6 Å². The van der Waals surface area contributed by atoms with Crippen LogP contribution in [0.3, 0.4) is 0 Å². The zero-order valence-electron chi connectivity index (χ0n) is 19.1. The van der Waals surface area contributed by atoms with Gasteiger partial charge in [0.05, 0.1) is 12.2 Å². The van der Waals surface area contributed by atoms with Crippen LogP contribution in [0.1, 0.15) is 55.5 Å². The molecule has 6 heteroatoms. The van der Waals surface area contributed by atoms with Gasteiger partial charge in [0.2, 0.25) is 5.89 Å². The number of oxazole rings is 1. The molecule has 1 saturated heterocycles. The lowest BCUT2D eigenvalue weighted by Crippen LogP contribution is -2.46. The first kappa shape index (κ1) is 22.3. The smallest absolute Gasteiger partial charge is 0.208 e. The topological polar surface area (TPSA) is 65.7 Å². The molecule has 2 unspecified atom stereocenters. The van der Waals surface area contributed by atoms with E-state index < -0.39 is 0 Å². The van der Waals surface area contributed by atoms with E-state index in [-0.39, 0.29) is 0 Å². The molecule has 0 aliphatic carbocycles. The fourth-order valence-corrected chi connectivity index (χ4v) is 3.97. The van der Waals surface area contributed by atoms with Crippen LogP contribution in [-0.2, 0) is 6.54 Å². The van der Waals surface area contributed by atoms with Crippen molar-refractivity contribution in [3.8, 4) is 0 Å². The number of nitrogens with zero attached hydrogens (tertiary/aromatic N) is 3. The summed E-state index contributed by atoms with van der Waals surface area (Å²) >= 11 is 0. The van der Waals surface area contributed by atoms with E-state index >= 15 is 0 Å². The summed E-state index contributed by atoms with van der Waals surface area (Å²) in [5, 5.41) is 7.10. The zero-order valence-corrected chi connectivity index (χ0v) is 19.1. The Morgan fingerprint density at radius 1 is 1.20 bits per heavy atom. The first-order valence-corrected chi connectivity index (χ1v) is 11.1. The molecular formula is C24H37N5O. The number of hydrogen-bond donors (Lipinski definition) is 2. The van der Waals surface area contributed by atoms with Crippen molar-refractivity contribution in [2.75, 3.05) is 26.7 Å². The third kappa shape index (κ3) is 6.08. The van der Waals surface area contributed by atoms with Crippen LogP contribution in [0, 0.1) is 19.8 Å². The molecule has 2 heterocycles. The van der Waals surface area contributed by atoms with Crippen molar-refractivity contribution < 1.29 is 4.42 Å². The number of nitrogens with one attached hydrogen (secondary N) is 2. The predicted molar refractivity (Wildman–Crippen MR) is 123 cm³/mol. The average Bonchev–Trinajstić information content (AvgIpc) is 3.08. The largest absolute Gasteiger partial charge is 0.444 e. The molecule has 1 aromatic carbocycles. The molecule has 0 saturated carbocycles. The normalized spacial score (nSPS) is 18.2. The van der Waals surface area contributed by atoms with Crippen molar-refractivity contribution in [3.63, 3.8) is 0 Å². The molecule has 0 amide bonds. The summed E-state index contributed by atoms with van der Waals surface area (Å²) in [5.41, 5.74) is 2.34. The van der Waals surface area contributed by atoms with Crippen molar-refractivity contribution in [1.82, 2.24) is 20.5 Å². The predicted octanol–water partition coefficient (Wildman–Crippen LogP) is 3.86. The van der Waals surface area contributed by atoms with Crippen LogP contribution in [0.4, 0.5) is 0 Å². The molecule has 1 aliphatic rings. The summed E-state index contributed by atoms with van der Waals surface area (Å²) in [6, 6.07) is 10.9. The van der Waals surface area contributed by atoms with Gasteiger partial charge in [-0.1, -0.05) is 37.3 Å². The van der Waals surface area contributed by atoms with Crippen molar-refractivity contribution in [2.45, 2.75) is 59.0 Å². The van der Waals surface area contributed by atoms with Crippen LogP contribution in [0.15, 0.2) is 39.7 Å². The van der Waals surface area contributed by atoms with Gasteiger partial charge < -0.3 is 15.1 Å². The fourth-order valence-electron chi connectivity index (χ4n) is 3.97. The van der Waals surface area contributed by atoms with E-state index in [0.29, 0.717) is 17.9 Å². The Balaban J connectivity index is 1.40. The molecule has 2 N–H and O–H groups in total. The first-order valence-electron chi connectivity index (χ1n) is 11.1. The second-order valence-corrected chi connectivity index (χ2v) is 8.55. The van der Waals surface area contributed by atoms with Gasteiger partial charge in [-0.2, -0.15) is 0 Å². The first-order chi connectivity index (χ1) is 14.5. The van der Waals surface area contributed by atoms with E-state index in [4.69, 9.17) is 4.42 Å². The summed E-state index contributed by atoms with van der Waals surface area (Å²) < 4.78 is 5.74. The van der Waals surface area contributed by atoms with Crippen LogP contribution >= 0.6 is 0 Å². The van der Waals surface area contributed by atoms with Crippen molar-refractivity contribution >= 4 is 5.96 Å². The standard InChI is InChI=1S/C24H37N5O/c1-17(22-9-7-6-8-10-22)18(2)28-24(25-5)26-15-21-11-13-29(14-12-21)16-23-27-19(3)20(4)30-23/h6-10,17-18,21H,11-16H2,1-5H3,(H2,25,26,28). The highest BCUT2D eigenvalue weighted by molar-refractivity contribution is 5.80. The molecular weight excluding hydrogens is 374 g/mol. The number of rotatable bonds is 7. The Bertz CT molecular complexity index is 789. The summed E-state index contributed by atoms with van der Waals surface area (Å²) in [5.74, 6) is 3.73. The van der Waals surface area contributed by atoms with Crippen LogP contribution in [-0.4, -0.2) is 48.6 Å². The minimum atomic E-state index is 0.299. The van der Waals surface area contributed by atoms with Gasteiger partial charge in [0, 0.05) is 25.6 Å². The maximum Gasteiger partial charge on any atom is 0.208 e. The zero-order chi connectivity index (χ0) is 21.5. The molecule has 1 fully saturated rings. The highest BCUT2D eigenvalue weighted by Gasteiger charge is 2.22. The van der Waals surface area contributed by atoms with Crippen molar-refractivity contribution in [2.24, 2.45) is 10.9 Å². The molecule has 1 aromatic heterocycles. The highest BCUT2D eigenvalue weighted by atomic mass is 16.4. The monoisotopic (exact) mass is 411 g/mol. The van der Waals surface area contributed by atoms with Crippen LogP contribution in [0.5, 0.6) is 0 Å². The van der Waals surface area contributed by atoms with E-state index in [0.717, 1.165) is 49.5 Å². The number of hydrogen-bond acceptors (Lipinski definition) is 4. The Morgan fingerprint density at radius 3 is 2.50 bits per heavy atom. The van der Waals surface area contributed by atoms with Crippen molar-refractivity contribution in [3.05, 3.63) is 53.2 Å². The number of benzene rings is 1. The van der Waals surface area contributed by atoms with Crippen molar-refractivity contribution in [1.29, 1.82) is 0 Å². The number of likely N-dealkylation sites (tertiary alicyclic amines) is 1.